The van der Waals surface area contributed by atoms with Crippen molar-refractivity contribution in [1.29, 1.82) is 0 Å². The van der Waals surface area contributed by atoms with E-state index in [0.717, 1.165) is 0 Å². The predicted molar refractivity (Wildman–Crippen MR) is 87.9 cm³/mol. The number of esters is 1. The number of benzene rings is 1. The fourth-order valence-corrected chi connectivity index (χ4v) is 6.44. The Balaban J connectivity index is 2.87. The van der Waals surface area contributed by atoms with E-state index >= 15 is 0 Å². The Morgan fingerprint density at radius 3 is 2.35 bits per heavy atom. The fourth-order valence-electron chi connectivity index (χ4n) is 2.72. The molecule has 0 aliphatic carbocycles. The Labute approximate surface area is 123 Å². The van der Waals surface area contributed by atoms with E-state index in [1.165, 1.54) is 12.1 Å². The number of hydrogen-bond acceptors (Lipinski definition) is 2. The molecule has 0 aliphatic heterocycles. The number of ether oxygens (including phenoxy) is 1. The number of carbonyl (C=O) groups is 1. The van der Waals surface area contributed by atoms with Crippen LogP contribution in [0.3, 0.4) is 0 Å². The molecule has 20 heavy (non-hydrogen) atoms. The van der Waals surface area contributed by atoms with E-state index < -0.39 is 8.07 Å². The summed E-state index contributed by atoms with van der Waals surface area (Å²) in [6.07, 6.45) is 4.23. The number of carbonyl (C=O) groups excluding carboxylic acids is 1. The zero-order valence-electron chi connectivity index (χ0n) is 13.2. The molecule has 3 heteroatoms. The smallest absolute Gasteiger partial charge is 0.302 e. The summed E-state index contributed by atoms with van der Waals surface area (Å²) < 4.78 is 4.98. The number of rotatable bonds is 6. The Hall–Kier alpha value is -1.35. The molecule has 0 N–H and O–H groups in total. The third-order valence-electron chi connectivity index (χ3n) is 3.80. The zero-order valence-corrected chi connectivity index (χ0v) is 14.2. The molecular formula is C17H26O2Si. The van der Waals surface area contributed by atoms with Crippen molar-refractivity contribution in [2.45, 2.75) is 39.4 Å². The van der Waals surface area contributed by atoms with Crippen LogP contribution >= 0.6 is 0 Å². The van der Waals surface area contributed by atoms with Crippen LogP contribution in [0.5, 0.6) is 0 Å². The zero-order chi connectivity index (χ0) is 15.2. The first-order valence-electron chi connectivity index (χ1n) is 7.21. The minimum atomic E-state index is -1.58. The molecule has 1 rings (SSSR count). The average Bonchev–Trinajstić information content (AvgIpc) is 2.38. The van der Waals surface area contributed by atoms with Crippen molar-refractivity contribution < 1.29 is 9.53 Å². The lowest BCUT2D eigenvalue weighted by molar-refractivity contribution is -0.139. The van der Waals surface area contributed by atoms with Crippen molar-refractivity contribution in [2.75, 3.05) is 6.61 Å². The van der Waals surface area contributed by atoms with Gasteiger partial charge in [-0.3, -0.25) is 4.79 Å². The van der Waals surface area contributed by atoms with Gasteiger partial charge in [-0.2, -0.15) is 0 Å². The monoisotopic (exact) mass is 290 g/mol. The van der Waals surface area contributed by atoms with Gasteiger partial charge >= 0.3 is 5.97 Å². The van der Waals surface area contributed by atoms with Gasteiger partial charge < -0.3 is 4.74 Å². The van der Waals surface area contributed by atoms with Gasteiger partial charge in [-0.15, -0.1) is 0 Å². The summed E-state index contributed by atoms with van der Waals surface area (Å²) in [5.74, 6) is 0.348. The van der Waals surface area contributed by atoms with Gasteiger partial charge in [0.25, 0.3) is 0 Å². The Morgan fingerprint density at radius 1 is 1.25 bits per heavy atom. The minimum Gasteiger partial charge on any atom is -0.462 e. The predicted octanol–water partition coefficient (Wildman–Crippen LogP) is 3.75. The second kappa shape index (κ2) is 7.43. The van der Waals surface area contributed by atoms with Gasteiger partial charge in [-0.25, -0.2) is 0 Å². The maximum atomic E-state index is 10.8. The van der Waals surface area contributed by atoms with Gasteiger partial charge in [0, 0.05) is 6.92 Å². The molecule has 0 aromatic heterocycles. The second-order valence-corrected chi connectivity index (χ2v) is 10.8. The van der Waals surface area contributed by atoms with Crippen molar-refractivity contribution in [3.05, 3.63) is 42.5 Å². The van der Waals surface area contributed by atoms with Crippen molar-refractivity contribution in [1.82, 2.24) is 0 Å². The quantitative estimate of drug-likeness (QED) is 0.453. The standard InChI is InChI=1S/C17H26O2Si/c1-14(2)17(12-9-13-19-15(3)18)20(4,5)16-10-7-6-8-11-16/h6-12,14,17H,13H2,1-5H3. The summed E-state index contributed by atoms with van der Waals surface area (Å²) in [6, 6.07) is 10.8. The van der Waals surface area contributed by atoms with Gasteiger partial charge in [0.1, 0.15) is 6.61 Å². The van der Waals surface area contributed by atoms with Crippen LogP contribution < -0.4 is 5.19 Å². The molecule has 0 bridgehead atoms. The summed E-state index contributed by atoms with van der Waals surface area (Å²) in [7, 11) is -1.58. The maximum absolute atomic E-state index is 10.8. The van der Waals surface area contributed by atoms with Crippen LogP contribution in [-0.4, -0.2) is 20.7 Å². The van der Waals surface area contributed by atoms with Crippen molar-refractivity contribution in [3.63, 3.8) is 0 Å². The van der Waals surface area contributed by atoms with Gasteiger partial charge in [-0.1, -0.05) is 74.6 Å². The van der Waals surface area contributed by atoms with E-state index in [9.17, 15) is 4.79 Å². The molecule has 0 radical (unpaired) electrons. The van der Waals surface area contributed by atoms with Crippen molar-refractivity contribution >= 4 is 19.2 Å². The highest BCUT2D eigenvalue weighted by molar-refractivity contribution is 6.91. The summed E-state index contributed by atoms with van der Waals surface area (Å²) in [5, 5.41) is 1.47. The highest BCUT2D eigenvalue weighted by Gasteiger charge is 2.33. The molecular weight excluding hydrogens is 264 g/mol. The number of hydrogen-bond donors (Lipinski definition) is 0. The van der Waals surface area contributed by atoms with E-state index in [1.54, 1.807) is 0 Å². The minimum absolute atomic E-state index is 0.227. The van der Waals surface area contributed by atoms with E-state index in [4.69, 9.17) is 4.74 Å². The van der Waals surface area contributed by atoms with Crippen molar-refractivity contribution in [2.24, 2.45) is 5.92 Å². The third kappa shape index (κ3) is 4.64. The molecule has 0 heterocycles. The highest BCUT2D eigenvalue weighted by Crippen LogP contribution is 2.31. The van der Waals surface area contributed by atoms with E-state index in [0.29, 0.717) is 18.1 Å². The van der Waals surface area contributed by atoms with Crippen molar-refractivity contribution in [3.8, 4) is 0 Å². The molecule has 1 unspecified atom stereocenters. The van der Waals surface area contributed by atoms with Crippen LogP contribution in [0.4, 0.5) is 0 Å². The molecule has 1 aromatic rings. The molecule has 0 fully saturated rings. The first-order chi connectivity index (χ1) is 9.35. The molecule has 2 nitrogen and oxygen atoms in total. The van der Waals surface area contributed by atoms with Gasteiger partial charge in [0.05, 0.1) is 8.07 Å². The Bertz CT molecular complexity index is 449. The molecule has 0 amide bonds. The lowest BCUT2D eigenvalue weighted by Gasteiger charge is -2.34. The fraction of sp³-hybridized carbons (Fsp3) is 0.471. The normalized spacial score (nSPS) is 13.7. The first kappa shape index (κ1) is 16.7. The van der Waals surface area contributed by atoms with Crippen LogP contribution in [0, 0.1) is 5.92 Å². The molecule has 110 valence electrons. The lowest BCUT2D eigenvalue weighted by Crippen LogP contribution is -2.47. The molecule has 1 atom stereocenters. The van der Waals surface area contributed by atoms with Crippen LogP contribution in [-0.2, 0) is 9.53 Å². The van der Waals surface area contributed by atoms with E-state index in [2.05, 4.69) is 63.3 Å². The summed E-state index contributed by atoms with van der Waals surface area (Å²) in [5.41, 5.74) is 0.528. The van der Waals surface area contributed by atoms with Crippen LogP contribution in [0.1, 0.15) is 20.8 Å². The lowest BCUT2D eigenvalue weighted by atomic mass is 10.1. The second-order valence-electron chi connectivity index (χ2n) is 6.09. The SMILES string of the molecule is CC(=O)OCC=CC(C(C)C)[Si](C)(C)c1ccccc1. The number of allylic oxidation sites excluding steroid dienone is 1. The largest absolute Gasteiger partial charge is 0.462 e. The molecule has 0 saturated carbocycles. The Kier molecular flexibility index (Phi) is 6.21. The topological polar surface area (TPSA) is 26.3 Å². The van der Waals surface area contributed by atoms with Crippen LogP contribution in [0.25, 0.3) is 0 Å². The molecule has 0 aliphatic rings. The maximum Gasteiger partial charge on any atom is 0.302 e. The molecule has 1 aromatic carbocycles. The van der Waals surface area contributed by atoms with Crippen LogP contribution in [0.15, 0.2) is 42.5 Å². The van der Waals surface area contributed by atoms with Gasteiger partial charge in [0.2, 0.25) is 0 Å². The van der Waals surface area contributed by atoms with Gasteiger partial charge in [0.15, 0.2) is 0 Å². The third-order valence-corrected chi connectivity index (χ3v) is 8.14. The average molecular weight is 290 g/mol. The summed E-state index contributed by atoms with van der Waals surface area (Å²) in [6.45, 7) is 11.2. The molecule has 0 spiro atoms. The van der Waals surface area contributed by atoms with Crippen LogP contribution in [0.2, 0.25) is 18.6 Å². The summed E-state index contributed by atoms with van der Waals surface area (Å²) in [4.78, 5) is 10.8. The van der Waals surface area contributed by atoms with E-state index in [-0.39, 0.29) is 5.97 Å². The Morgan fingerprint density at radius 2 is 1.85 bits per heavy atom. The molecule has 0 saturated heterocycles. The first-order valence-corrected chi connectivity index (χ1v) is 10.3. The summed E-state index contributed by atoms with van der Waals surface area (Å²) >= 11 is 0. The van der Waals surface area contributed by atoms with Gasteiger partial charge in [-0.05, 0) is 11.5 Å². The van der Waals surface area contributed by atoms with E-state index in [1.807, 2.05) is 6.08 Å². The highest BCUT2D eigenvalue weighted by atomic mass is 28.3.